The number of hydrogen-bond acceptors (Lipinski definition) is 3. The molecule has 5 nitrogen and oxygen atoms in total. The number of amides is 1. The second-order valence-corrected chi connectivity index (χ2v) is 5.26. The SMILES string of the molecule is Cc1nn(C)cc1C(=O)N1CCc2c(N)cccc2C1. The van der Waals surface area contributed by atoms with Crippen LogP contribution >= 0.6 is 0 Å². The molecule has 1 amide bonds. The summed E-state index contributed by atoms with van der Waals surface area (Å²) in [6.07, 6.45) is 2.60. The summed E-state index contributed by atoms with van der Waals surface area (Å²) in [4.78, 5) is 14.4. The van der Waals surface area contributed by atoms with Crippen LogP contribution in [0.5, 0.6) is 0 Å². The fraction of sp³-hybridized carbons (Fsp3) is 0.333. The van der Waals surface area contributed by atoms with Crippen molar-refractivity contribution in [3.05, 3.63) is 46.8 Å². The lowest BCUT2D eigenvalue weighted by atomic mass is 9.97. The Morgan fingerprint density at radius 3 is 2.90 bits per heavy atom. The van der Waals surface area contributed by atoms with Crippen LogP contribution in [0, 0.1) is 6.92 Å². The van der Waals surface area contributed by atoms with E-state index < -0.39 is 0 Å². The molecule has 104 valence electrons. The van der Waals surface area contributed by atoms with E-state index in [1.165, 1.54) is 5.56 Å². The Hall–Kier alpha value is -2.30. The molecule has 20 heavy (non-hydrogen) atoms. The molecule has 0 fully saturated rings. The number of fused-ring (bicyclic) bond motifs is 1. The van der Waals surface area contributed by atoms with Gasteiger partial charge < -0.3 is 10.6 Å². The van der Waals surface area contributed by atoms with Gasteiger partial charge in [-0.25, -0.2) is 0 Å². The molecular formula is C15H18N4O. The van der Waals surface area contributed by atoms with Crippen LogP contribution in [0.3, 0.4) is 0 Å². The lowest BCUT2D eigenvalue weighted by Crippen LogP contribution is -2.36. The van der Waals surface area contributed by atoms with Gasteiger partial charge in [0.2, 0.25) is 0 Å². The number of nitrogens with zero attached hydrogens (tertiary/aromatic N) is 3. The summed E-state index contributed by atoms with van der Waals surface area (Å²) < 4.78 is 1.68. The summed E-state index contributed by atoms with van der Waals surface area (Å²) in [7, 11) is 1.83. The average Bonchev–Trinajstić information content (AvgIpc) is 2.77. The Morgan fingerprint density at radius 1 is 1.40 bits per heavy atom. The zero-order valence-electron chi connectivity index (χ0n) is 11.8. The van der Waals surface area contributed by atoms with E-state index in [9.17, 15) is 4.79 Å². The van der Waals surface area contributed by atoms with Crippen molar-refractivity contribution in [2.75, 3.05) is 12.3 Å². The van der Waals surface area contributed by atoms with Gasteiger partial charge in [0.05, 0.1) is 11.3 Å². The molecule has 0 spiro atoms. The second kappa shape index (κ2) is 4.67. The first kappa shape index (κ1) is 12.7. The summed E-state index contributed by atoms with van der Waals surface area (Å²) in [6, 6.07) is 5.90. The third-order valence-electron chi connectivity index (χ3n) is 3.83. The quantitative estimate of drug-likeness (QED) is 0.799. The standard InChI is InChI=1S/C15H18N4O/c1-10-13(9-18(2)17-10)15(20)19-7-6-12-11(8-19)4-3-5-14(12)16/h3-5,9H,6-8,16H2,1-2H3. The number of rotatable bonds is 1. The molecule has 5 heteroatoms. The van der Waals surface area contributed by atoms with Crippen molar-refractivity contribution in [1.82, 2.24) is 14.7 Å². The van der Waals surface area contributed by atoms with Crippen molar-refractivity contribution in [1.29, 1.82) is 0 Å². The molecule has 0 atom stereocenters. The van der Waals surface area contributed by atoms with Gasteiger partial charge in [0, 0.05) is 32.0 Å². The molecule has 0 saturated heterocycles. The zero-order valence-corrected chi connectivity index (χ0v) is 11.8. The third-order valence-corrected chi connectivity index (χ3v) is 3.83. The smallest absolute Gasteiger partial charge is 0.257 e. The first-order valence-electron chi connectivity index (χ1n) is 6.72. The minimum Gasteiger partial charge on any atom is -0.398 e. The molecule has 1 aromatic carbocycles. The van der Waals surface area contributed by atoms with Gasteiger partial charge in [-0.15, -0.1) is 0 Å². The summed E-state index contributed by atoms with van der Waals surface area (Å²) >= 11 is 0. The van der Waals surface area contributed by atoms with E-state index in [1.807, 2.05) is 37.1 Å². The Balaban J connectivity index is 1.87. The van der Waals surface area contributed by atoms with E-state index in [1.54, 1.807) is 10.9 Å². The van der Waals surface area contributed by atoms with Crippen molar-refractivity contribution >= 4 is 11.6 Å². The molecule has 0 aliphatic carbocycles. The molecule has 0 saturated carbocycles. The summed E-state index contributed by atoms with van der Waals surface area (Å²) in [5, 5.41) is 4.23. The number of benzene rings is 1. The normalized spacial score (nSPS) is 14.2. The number of aromatic nitrogens is 2. The van der Waals surface area contributed by atoms with Gasteiger partial charge in [0.15, 0.2) is 0 Å². The predicted molar refractivity (Wildman–Crippen MR) is 77.2 cm³/mol. The van der Waals surface area contributed by atoms with Crippen molar-refractivity contribution < 1.29 is 4.79 Å². The van der Waals surface area contributed by atoms with Gasteiger partial charge in [0.25, 0.3) is 5.91 Å². The van der Waals surface area contributed by atoms with Gasteiger partial charge in [0.1, 0.15) is 0 Å². The van der Waals surface area contributed by atoms with Crippen LogP contribution in [0.1, 0.15) is 27.2 Å². The minimum absolute atomic E-state index is 0.0451. The predicted octanol–water partition coefficient (Wildman–Crippen LogP) is 1.51. The monoisotopic (exact) mass is 270 g/mol. The Morgan fingerprint density at radius 2 is 2.20 bits per heavy atom. The topological polar surface area (TPSA) is 64.2 Å². The molecule has 3 rings (SSSR count). The highest BCUT2D eigenvalue weighted by molar-refractivity contribution is 5.95. The Labute approximate surface area is 118 Å². The number of hydrogen-bond donors (Lipinski definition) is 1. The molecule has 2 aromatic rings. The van der Waals surface area contributed by atoms with E-state index in [4.69, 9.17) is 5.73 Å². The fourth-order valence-electron chi connectivity index (χ4n) is 2.79. The maximum atomic E-state index is 12.6. The number of nitrogen functional groups attached to an aromatic ring is 1. The molecule has 0 unspecified atom stereocenters. The molecule has 1 aliphatic rings. The molecule has 1 aliphatic heterocycles. The van der Waals surface area contributed by atoms with Gasteiger partial charge in [-0.2, -0.15) is 5.10 Å². The largest absolute Gasteiger partial charge is 0.398 e. The number of anilines is 1. The van der Waals surface area contributed by atoms with Gasteiger partial charge in [-0.1, -0.05) is 12.1 Å². The summed E-state index contributed by atoms with van der Waals surface area (Å²) in [5.74, 6) is 0.0451. The highest BCUT2D eigenvalue weighted by atomic mass is 16.2. The van der Waals surface area contributed by atoms with E-state index in [-0.39, 0.29) is 5.91 Å². The number of carbonyl (C=O) groups excluding carboxylic acids is 1. The Bertz CT molecular complexity index is 675. The van der Waals surface area contributed by atoms with E-state index in [0.717, 1.165) is 23.4 Å². The summed E-state index contributed by atoms with van der Waals surface area (Å²) in [5.41, 5.74) is 10.6. The van der Waals surface area contributed by atoms with E-state index in [0.29, 0.717) is 18.7 Å². The molecule has 2 N–H and O–H groups in total. The average molecular weight is 270 g/mol. The zero-order chi connectivity index (χ0) is 14.3. The van der Waals surface area contributed by atoms with Crippen LogP contribution in [0.15, 0.2) is 24.4 Å². The lowest BCUT2D eigenvalue weighted by Gasteiger charge is -2.29. The van der Waals surface area contributed by atoms with Crippen LogP contribution in [0.25, 0.3) is 0 Å². The first-order valence-corrected chi connectivity index (χ1v) is 6.72. The number of nitrogens with two attached hydrogens (primary N) is 1. The molecule has 2 heterocycles. The van der Waals surface area contributed by atoms with Gasteiger partial charge in [-0.3, -0.25) is 9.48 Å². The van der Waals surface area contributed by atoms with Crippen molar-refractivity contribution in [2.24, 2.45) is 7.05 Å². The molecule has 1 aromatic heterocycles. The lowest BCUT2D eigenvalue weighted by molar-refractivity contribution is 0.0734. The van der Waals surface area contributed by atoms with Gasteiger partial charge >= 0.3 is 0 Å². The van der Waals surface area contributed by atoms with Crippen LogP contribution < -0.4 is 5.73 Å². The third kappa shape index (κ3) is 2.05. The van der Waals surface area contributed by atoms with Crippen LogP contribution in [-0.2, 0) is 20.0 Å². The minimum atomic E-state index is 0.0451. The van der Waals surface area contributed by atoms with Crippen molar-refractivity contribution in [3.8, 4) is 0 Å². The number of carbonyl (C=O) groups is 1. The van der Waals surface area contributed by atoms with Gasteiger partial charge in [-0.05, 0) is 30.5 Å². The first-order chi connectivity index (χ1) is 9.56. The highest BCUT2D eigenvalue weighted by Crippen LogP contribution is 2.25. The molecular weight excluding hydrogens is 252 g/mol. The fourth-order valence-corrected chi connectivity index (χ4v) is 2.79. The second-order valence-electron chi connectivity index (χ2n) is 5.26. The maximum Gasteiger partial charge on any atom is 0.257 e. The summed E-state index contributed by atoms with van der Waals surface area (Å²) in [6.45, 7) is 3.19. The van der Waals surface area contributed by atoms with Crippen LogP contribution in [0.2, 0.25) is 0 Å². The van der Waals surface area contributed by atoms with E-state index >= 15 is 0 Å². The maximum absolute atomic E-state index is 12.6. The van der Waals surface area contributed by atoms with Crippen molar-refractivity contribution in [2.45, 2.75) is 19.9 Å². The Kier molecular flexibility index (Phi) is 2.97. The van der Waals surface area contributed by atoms with Crippen molar-refractivity contribution in [3.63, 3.8) is 0 Å². The van der Waals surface area contributed by atoms with Crippen LogP contribution in [-0.4, -0.2) is 27.1 Å². The number of aryl methyl sites for hydroxylation is 2. The molecule has 0 radical (unpaired) electrons. The molecule has 0 bridgehead atoms. The van der Waals surface area contributed by atoms with Crippen LogP contribution in [0.4, 0.5) is 5.69 Å². The highest BCUT2D eigenvalue weighted by Gasteiger charge is 2.24. The van der Waals surface area contributed by atoms with E-state index in [2.05, 4.69) is 5.10 Å².